The van der Waals surface area contributed by atoms with Gasteiger partial charge in [-0.1, -0.05) is 18.2 Å². The average molecular weight is 332 g/mol. The molecule has 0 aliphatic rings. The second-order valence-corrected chi connectivity index (χ2v) is 6.13. The highest BCUT2D eigenvalue weighted by Gasteiger charge is 2.13. The second-order valence-electron chi connectivity index (χ2n) is 3.51. The molecule has 1 rings (SSSR count). The molecule has 0 spiro atoms. The number of thioether (sulfide) groups is 1. The minimum atomic E-state index is -0.570. The van der Waals surface area contributed by atoms with Gasteiger partial charge in [-0.2, -0.15) is 0 Å². The summed E-state index contributed by atoms with van der Waals surface area (Å²) in [5.74, 6) is 0.678. The van der Waals surface area contributed by atoms with Crippen molar-refractivity contribution in [3.63, 3.8) is 0 Å². The SMILES string of the molecule is CSN(SC)C(=O)SCNC(=O)Oc1ccccc1C. The van der Waals surface area contributed by atoms with Crippen molar-refractivity contribution in [3.8, 4) is 5.75 Å². The molecule has 0 bridgehead atoms. The topological polar surface area (TPSA) is 58.6 Å². The third-order valence-electron chi connectivity index (χ3n) is 2.19. The molecule has 20 heavy (non-hydrogen) atoms. The van der Waals surface area contributed by atoms with E-state index in [9.17, 15) is 9.59 Å². The van der Waals surface area contributed by atoms with Gasteiger partial charge < -0.3 is 10.1 Å². The fourth-order valence-corrected chi connectivity index (χ4v) is 3.32. The zero-order valence-corrected chi connectivity index (χ0v) is 13.9. The van der Waals surface area contributed by atoms with Crippen molar-refractivity contribution in [2.24, 2.45) is 0 Å². The lowest BCUT2D eigenvalue weighted by Crippen LogP contribution is -2.28. The fourth-order valence-electron chi connectivity index (χ4n) is 1.24. The van der Waals surface area contributed by atoms with Crippen LogP contribution < -0.4 is 10.1 Å². The van der Waals surface area contributed by atoms with Crippen LogP contribution in [0.5, 0.6) is 5.75 Å². The van der Waals surface area contributed by atoms with Gasteiger partial charge in [0.15, 0.2) is 0 Å². The molecule has 1 N–H and O–H groups in total. The van der Waals surface area contributed by atoms with Gasteiger partial charge in [-0.15, -0.1) is 0 Å². The Morgan fingerprint density at radius 3 is 2.50 bits per heavy atom. The summed E-state index contributed by atoms with van der Waals surface area (Å²) in [5, 5.41) is 2.40. The Bertz CT molecular complexity index is 467. The molecule has 0 atom stereocenters. The molecule has 110 valence electrons. The predicted octanol–water partition coefficient (Wildman–Crippen LogP) is 3.75. The van der Waals surface area contributed by atoms with Crippen LogP contribution in [0, 0.1) is 6.92 Å². The van der Waals surface area contributed by atoms with Crippen LogP contribution in [0.4, 0.5) is 9.59 Å². The number of benzene rings is 1. The van der Waals surface area contributed by atoms with Gasteiger partial charge in [0.2, 0.25) is 0 Å². The van der Waals surface area contributed by atoms with Crippen LogP contribution in [0.25, 0.3) is 0 Å². The summed E-state index contributed by atoms with van der Waals surface area (Å²) >= 11 is 3.66. The van der Waals surface area contributed by atoms with E-state index in [4.69, 9.17) is 4.74 Å². The molecule has 0 saturated heterocycles. The third kappa shape index (κ3) is 5.56. The Labute approximate surface area is 131 Å². The van der Waals surface area contributed by atoms with Crippen LogP contribution in [-0.2, 0) is 0 Å². The largest absolute Gasteiger partial charge is 0.413 e. The van der Waals surface area contributed by atoms with Gasteiger partial charge in [0, 0.05) is 12.5 Å². The minimum Gasteiger partial charge on any atom is -0.410 e. The molecule has 0 unspecified atom stereocenters. The first-order valence-corrected chi connectivity index (χ1v) is 8.99. The average Bonchev–Trinajstić information content (AvgIpc) is 2.43. The van der Waals surface area contributed by atoms with Gasteiger partial charge in [0.05, 0.1) is 5.88 Å². The van der Waals surface area contributed by atoms with Gasteiger partial charge in [-0.05, 0) is 54.2 Å². The molecule has 0 heterocycles. The fraction of sp³-hybridized carbons (Fsp3) is 0.333. The van der Waals surface area contributed by atoms with Crippen LogP contribution in [-0.4, -0.2) is 33.4 Å². The van der Waals surface area contributed by atoms with Gasteiger partial charge in [0.25, 0.3) is 0 Å². The van der Waals surface area contributed by atoms with Crippen LogP contribution in [0.3, 0.4) is 0 Å². The van der Waals surface area contributed by atoms with Crippen molar-refractivity contribution in [1.82, 2.24) is 9.03 Å². The summed E-state index contributed by atoms with van der Waals surface area (Å²) in [7, 11) is 0. The van der Waals surface area contributed by atoms with Crippen molar-refractivity contribution in [3.05, 3.63) is 29.8 Å². The minimum absolute atomic E-state index is 0.124. The van der Waals surface area contributed by atoms with Crippen molar-refractivity contribution >= 4 is 47.0 Å². The number of ether oxygens (including phenoxy) is 1. The van der Waals surface area contributed by atoms with Gasteiger partial charge in [-0.25, -0.2) is 8.51 Å². The van der Waals surface area contributed by atoms with E-state index >= 15 is 0 Å². The Kier molecular flexibility index (Phi) is 7.71. The van der Waals surface area contributed by atoms with Crippen molar-refractivity contribution in [1.29, 1.82) is 0 Å². The van der Waals surface area contributed by atoms with E-state index < -0.39 is 6.09 Å². The lowest BCUT2D eigenvalue weighted by atomic mass is 10.2. The Hall–Kier alpha value is -0.990. The van der Waals surface area contributed by atoms with Gasteiger partial charge >= 0.3 is 11.3 Å². The second kappa shape index (κ2) is 9.04. The molecule has 1 aromatic carbocycles. The molecule has 0 aromatic heterocycles. The monoisotopic (exact) mass is 332 g/mol. The highest BCUT2D eigenvalue weighted by molar-refractivity contribution is 8.19. The molecular weight excluding hydrogens is 316 g/mol. The van der Waals surface area contributed by atoms with Crippen molar-refractivity contribution in [2.45, 2.75) is 6.92 Å². The number of para-hydroxylation sites is 1. The molecule has 0 saturated carbocycles. The van der Waals surface area contributed by atoms with Crippen molar-refractivity contribution < 1.29 is 14.3 Å². The van der Waals surface area contributed by atoms with Crippen LogP contribution in [0.1, 0.15) is 5.56 Å². The summed E-state index contributed by atoms with van der Waals surface area (Å²) in [6.45, 7) is 1.86. The smallest absolute Gasteiger partial charge is 0.410 e. The van der Waals surface area contributed by atoms with E-state index in [2.05, 4.69) is 5.32 Å². The first kappa shape index (κ1) is 17.1. The number of hydrogen-bond acceptors (Lipinski definition) is 6. The first-order chi connectivity index (χ1) is 9.58. The highest BCUT2D eigenvalue weighted by atomic mass is 32.2. The number of carbonyl (C=O) groups excluding carboxylic acids is 2. The number of amides is 2. The Morgan fingerprint density at radius 1 is 1.25 bits per heavy atom. The van der Waals surface area contributed by atoms with Crippen molar-refractivity contribution in [2.75, 3.05) is 18.4 Å². The Balaban J connectivity index is 2.34. The zero-order valence-electron chi connectivity index (χ0n) is 11.4. The Morgan fingerprint density at radius 2 is 1.90 bits per heavy atom. The van der Waals surface area contributed by atoms with E-state index in [0.717, 1.165) is 17.3 Å². The lowest BCUT2D eigenvalue weighted by molar-refractivity contribution is 0.202. The molecule has 1 aromatic rings. The normalized spacial score (nSPS) is 9.95. The van der Waals surface area contributed by atoms with E-state index in [0.29, 0.717) is 5.75 Å². The summed E-state index contributed by atoms with van der Waals surface area (Å²) in [6, 6.07) is 7.24. The van der Waals surface area contributed by atoms with Crippen LogP contribution in [0.2, 0.25) is 0 Å². The molecule has 8 heteroatoms. The number of nitrogens with one attached hydrogen (secondary N) is 1. The predicted molar refractivity (Wildman–Crippen MR) is 87.1 cm³/mol. The van der Waals surface area contributed by atoms with Crippen LogP contribution >= 0.6 is 35.7 Å². The molecule has 0 aliphatic carbocycles. The summed E-state index contributed by atoms with van der Waals surface area (Å²) < 4.78 is 6.67. The lowest BCUT2D eigenvalue weighted by Gasteiger charge is -2.14. The number of nitrogens with zero attached hydrogens (tertiary/aromatic N) is 1. The first-order valence-electron chi connectivity index (χ1n) is 5.65. The summed E-state index contributed by atoms with van der Waals surface area (Å²) in [6.07, 6.45) is 3.06. The summed E-state index contributed by atoms with van der Waals surface area (Å²) in [4.78, 5) is 23.2. The van der Waals surface area contributed by atoms with Crippen LogP contribution in [0.15, 0.2) is 24.3 Å². The van der Waals surface area contributed by atoms with E-state index in [-0.39, 0.29) is 11.1 Å². The molecule has 2 amide bonds. The number of carbonyl (C=O) groups is 2. The maximum absolute atomic E-state index is 11.7. The highest BCUT2D eigenvalue weighted by Crippen LogP contribution is 2.22. The molecular formula is C12H16N2O3S3. The summed E-state index contributed by atoms with van der Waals surface area (Å²) in [5.41, 5.74) is 0.877. The zero-order chi connectivity index (χ0) is 15.0. The molecule has 0 aliphatic heterocycles. The molecule has 0 radical (unpaired) electrons. The third-order valence-corrected chi connectivity index (χ3v) is 5.03. The maximum Gasteiger partial charge on any atom is 0.413 e. The van der Waals surface area contributed by atoms with E-state index in [1.165, 1.54) is 27.6 Å². The van der Waals surface area contributed by atoms with Gasteiger partial charge in [0.1, 0.15) is 5.75 Å². The number of hydrogen-bond donors (Lipinski definition) is 1. The number of aryl methyl sites for hydroxylation is 1. The number of rotatable bonds is 5. The molecule has 5 nitrogen and oxygen atoms in total. The van der Waals surface area contributed by atoms with E-state index in [1.807, 2.05) is 31.6 Å². The van der Waals surface area contributed by atoms with Gasteiger partial charge in [-0.3, -0.25) is 4.79 Å². The van der Waals surface area contributed by atoms with E-state index in [1.54, 1.807) is 12.1 Å². The maximum atomic E-state index is 11.7. The molecule has 0 fully saturated rings. The standard InChI is InChI=1S/C12H16N2O3S3/c1-9-6-4-5-7-10(9)17-11(15)13-8-20-12(16)14(18-2)19-3/h4-7H,8H2,1-3H3,(H,13,15). The quantitative estimate of drug-likeness (QED) is 0.654.